The molecule has 0 unspecified atom stereocenters. The van der Waals surface area contributed by atoms with Crippen LogP contribution in [0.5, 0.6) is 0 Å². The molecular formula is C12H7ClFN3. The van der Waals surface area contributed by atoms with Gasteiger partial charge in [0.25, 0.3) is 0 Å². The Morgan fingerprint density at radius 3 is 2.94 bits per heavy atom. The second-order valence-electron chi connectivity index (χ2n) is 3.62. The van der Waals surface area contributed by atoms with Crippen molar-refractivity contribution >= 4 is 22.8 Å². The lowest BCUT2D eigenvalue weighted by Gasteiger charge is -1.95. The second-order valence-corrected chi connectivity index (χ2v) is 4.06. The maximum atomic E-state index is 13.1. The summed E-state index contributed by atoms with van der Waals surface area (Å²) in [5.41, 5.74) is 1.98. The zero-order valence-electron chi connectivity index (χ0n) is 8.61. The average molecular weight is 248 g/mol. The molecule has 17 heavy (non-hydrogen) atoms. The highest BCUT2D eigenvalue weighted by atomic mass is 35.5. The van der Waals surface area contributed by atoms with Gasteiger partial charge in [-0.25, -0.2) is 14.4 Å². The minimum Gasteiger partial charge on any atom is -0.337 e. The summed E-state index contributed by atoms with van der Waals surface area (Å²) >= 11 is 5.83. The van der Waals surface area contributed by atoms with Gasteiger partial charge in [-0.3, -0.25) is 0 Å². The van der Waals surface area contributed by atoms with E-state index in [9.17, 15) is 4.39 Å². The van der Waals surface area contributed by atoms with Gasteiger partial charge < -0.3 is 4.98 Å². The summed E-state index contributed by atoms with van der Waals surface area (Å²) in [4.78, 5) is 11.4. The van der Waals surface area contributed by atoms with Crippen molar-refractivity contribution in [1.29, 1.82) is 0 Å². The van der Waals surface area contributed by atoms with Crippen LogP contribution in [-0.4, -0.2) is 15.0 Å². The number of aromatic amines is 1. The molecule has 0 aliphatic rings. The number of pyridine rings is 1. The normalized spacial score (nSPS) is 10.9. The molecule has 0 aliphatic heterocycles. The third kappa shape index (κ3) is 1.87. The number of H-pyrrole nitrogens is 1. The van der Waals surface area contributed by atoms with Crippen molar-refractivity contribution in [3.8, 4) is 11.4 Å². The van der Waals surface area contributed by atoms with Gasteiger partial charge in [0.1, 0.15) is 11.6 Å². The number of hydrogen-bond acceptors (Lipinski definition) is 2. The van der Waals surface area contributed by atoms with Gasteiger partial charge in [0.05, 0.1) is 10.5 Å². The lowest BCUT2D eigenvalue weighted by molar-refractivity contribution is 0.628. The third-order valence-electron chi connectivity index (χ3n) is 2.40. The SMILES string of the molecule is Fc1cccc(-c2nc3ncc(Cl)cc3[nH]2)c1. The minimum absolute atomic E-state index is 0.297. The van der Waals surface area contributed by atoms with E-state index >= 15 is 0 Å². The van der Waals surface area contributed by atoms with E-state index in [1.807, 2.05) is 0 Å². The highest BCUT2D eigenvalue weighted by Gasteiger charge is 2.07. The Labute approximate surface area is 101 Å². The maximum absolute atomic E-state index is 13.1. The van der Waals surface area contributed by atoms with Gasteiger partial charge in [-0.2, -0.15) is 0 Å². The summed E-state index contributed by atoms with van der Waals surface area (Å²) in [5.74, 6) is 0.281. The number of imidazole rings is 1. The first-order valence-corrected chi connectivity index (χ1v) is 5.37. The van der Waals surface area contributed by atoms with Crippen LogP contribution in [0.15, 0.2) is 36.5 Å². The van der Waals surface area contributed by atoms with Crippen LogP contribution in [0, 0.1) is 5.82 Å². The molecule has 0 amide bonds. The van der Waals surface area contributed by atoms with E-state index in [0.29, 0.717) is 22.1 Å². The van der Waals surface area contributed by atoms with E-state index in [4.69, 9.17) is 11.6 Å². The topological polar surface area (TPSA) is 41.6 Å². The van der Waals surface area contributed by atoms with Crippen LogP contribution in [0.2, 0.25) is 5.02 Å². The van der Waals surface area contributed by atoms with E-state index in [2.05, 4.69) is 15.0 Å². The molecule has 0 fully saturated rings. The summed E-state index contributed by atoms with van der Waals surface area (Å²) in [5, 5.41) is 0.534. The van der Waals surface area contributed by atoms with Crippen LogP contribution in [0.4, 0.5) is 4.39 Å². The maximum Gasteiger partial charge on any atom is 0.178 e. The van der Waals surface area contributed by atoms with Crippen molar-refractivity contribution in [2.24, 2.45) is 0 Å². The zero-order valence-corrected chi connectivity index (χ0v) is 9.37. The molecule has 2 heterocycles. The number of halogens is 2. The number of fused-ring (bicyclic) bond motifs is 1. The van der Waals surface area contributed by atoms with E-state index in [-0.39, 0.29) is 5.82 Å². The zero-order chi connectivity index (χ0) is 11.8. The van der Waals surface area contributed by atoms with Crippen molar-refractivity contribution in [2.75, 3.05) is 0 Å². The van der Waals surface area contributed by atoms with Gasteiger partial charge in [-0.05, 0) is 18.2 Å². The predicted molar refractivity (Wildman–Crippen MR) is 64.3 cm³/mol. The fourth-order valence-corrected chi connectivity index (χ4v) is 1.80. The number of hydrogen-bond donors (Lipinski definition) is 1. The number of nitrogens with zero attached hydrogens (tertiary/aromatic N) is 2. The van der Waals surface area contributed by atoms with Gasteiger partial charge >= 0.3 is 0 Å². The Kier molecular flexibility index (Phi) is 2.30. The van der Waals surface area contributed by atoms with E-state index in [1.165, 1.54) is 18.3 Å². The highest BCUT2D eigenvalue weighted by molar-refractivity contribution is 6.31. The van der Waals surface area contributed by atoms with Crippen LogP contribution >= 0.6 is 11.6 Å². The first-order valence-electron chi connectivity index (χ1n) is 4.99. The quantitative estimate of drug-likeness (QED) is 0.716. The molecule has 2 aromatic heterocycles. The smallest absolute Gasteiger partial charge is 0.178 e. The number of nitrogens with one attached hydrogen (secondary N) is 1. The summed E-state index contributed by atoms with van der Waals surface area (Å²) in [7, 11) is 0. The molecule has 3 rings (SSSR count). The first kappa shape index (κ1) is 10.2. The van der Waals surface area contributed by atoms with Crippen molar-refractivity contribution < 1.29 is 4.39 Å². The third-order valence-corrected chi connectivity index (χ3v) is 2.61. The standard InChI is InChI=1S/C12H7ClFN3/c13-8-5-10-12(15-6-8)17-11(16-10)7-2-1-3-9(14)4-7/h1-6H,(H,15,16,17). The summed E-state index contributed by atoms with van der Waals surface area (Å²) < 4.78 is 13.1. The summed E-state index contributed by atoms with van der Waals surface area (Å²) in [6, 6.07) is 7.96. The molecule has 0 saturated heterocycles. The molecule has 0 atom stereocenters. The summed E-state index contributed by atoms with van der Waals surface area (Å²) in [6.07, 6.45) is 1.53. The molecule has 84 valence electrons. The van der Waals surface area contributed by atoms with E-state index < -0.39 is 0 Å². The van der Waals surface area contributed by atoms with Crippen LogP contribution in [0.1, 0.15) is 0 Å². The van der Waals surface area contributed by atoms with Crippen molar-refractivity contribution in [3.05, 3.63) is 47.4 Å². The summed E-state index contributed by atoms with van der Waals surface area (Å²) in [6.45, 7) is 0. The van der Waals surface area contributed by atoms with Crippen LogP contribution < -0.4 is 0 Å². The molecule has 1 aromatic carbocycles. The lowest BCUT2D eigenvalue weighted by Crippen LogP contribution is -1.81. The van der Waals surface area contributed by atoms with Crippen LogP contribution in [0.3, 0.4) is 0 Å². The highest BCUT2D eigenvalue weighted by Crippen LogP contribution is 2.21. The van der Waals surface area contributed by atoms with Crippen LogP contribution in [-0.2, 0) is 0 Å². The number of aromatic nitrogens is 3. The average Bonchev–Trinajstić information content (AvgIpc) is 2.72. The molecule has 3 nitrogen and oxygen atoms in total. The Bertz CT molecular complexity index is 693. The molecular weight excluding hydrogens is 241 g/mol. The predicted octanol–water partition coefficient (Wildman–Crippen LogP) is 3.42. The molecule has 0 saturated carbocycles. The lowest BCUT2D eigenvalue weighted by atomic mass is 10.2. The Morgan fingerprint density at radius 1 is 1.24 bits per heavy atom. The Morgan fingerprint density at radius 2 is 2.12 bits per heavy atom. The van der Waals surface area contributed by atoms with Gasteiger partial charge in [0.15, 0.2) is 5.65 Å². The number of rotatable bonds is 1. The molecule has 1 N–H and O–H groups in total. The second kappa shape index (κ2) is 3.82. The van der Waals surface area contributed by atoms with E-state index in [1.54, 1.807) is 18.2 Å². The molecule has 0 bridgehead atoms. The van der Waals surface area contributed by atoms with Crippen molar-refractivity contribution in [2.45, 2.75) is 0 Å². The monoisotopic (exact) mass is 247 g/mol. The fraction of sp³-hybridized carbons (Fsp3) is 0. The Balaban J connectivity index is 2.18. The largest absolute Gasteiger partial charge is 0.337 e. The molecule has 0 aliphatic carbocycles. The minimum atomic E-state index is -0.297. The van der Waals surface area contributed by atoms with Gasteiger partial charge in [-0.15, -0.1) is 0 Å². The Hall–Kier alpha value is -1.94. The molecule has 3 aromatic rings. The first-order chi connectivity index (χ1) is 8.22. The molecule has 0 spiro atoms. The van der Waals surface area contributed by atoms with Crippen LogP contribution in [0.25, 0.3) is 22.6 Å². The fourth-order valence-electron chi connectivity index (χ4n) is 1.65. The van der Waals surface area contributed by atoms with Gasteiger partial charge in [-0.1, -0.05) is 23.7 Å². The molecule has 0 radical (unpaired) electrons. The van der Waals surface area contributed by atoms with Gasteiger partial charge in [0, 0.05) is 11.8 Å². The van der Waals surface area contributed by atoms with E-state index in [0.717, 1.165) is 5.52 Å². The molecule has 5 heteroatoms. The van der Waals surface area contributed by atoms with Gasteiger partial charge in [0.2, 0.25) is 0 Å². The van der Waals surface area contributed by atoms with Crippen molar-refractivity contribution in [1.82, 2.24) is 15.0 Å². The number of benzene rings is 1. The van der Waals surface area contributed by atoms with Crippen molar-refractivity contribution in [3.63, 3.8) is 0 Å².